The Morgan fingerprint density at radius 3 is 2.53 bits per heavy atom. The molecule has 0 fully saturated rings. The monoisotopic (exact) mass is 278 g/mol. The molecule has 1 aromatic carbocycles. The number of hydrogen-bond acceptors (Lipinski definition) is 3. The summed E-state index contributed by atoms with van der Waals surface area (Å²) in [5.74, 6) is -0.187. The van der Waals surface area contributed by atoms with Gasteiger partial charge in [0.05, 0.1) is 6.04 Å². The molecule has 0 saturated carbocycles. The second-order valence-electron chi connectivity index (χ2n) is 4.75. The first kappa shape index (κ1) is 14.2. The normalized spacial score (nSPS) is 12.8. The third kappa shape index (κ3) is 4.13. The van der Waals surface area contributed by atoms with Gasteiger partial charge in [0.1, 0.15) is 5.82 Å². The van der Waals surface area contributed by atoms with Crippen molar-refractivity contribution < 1.29 is 4.39 Å². The fraction of sp³-hybridized carbons (Fsp3) is 0.333. The Bertz CT molecular complexity index is 479. The minimum Gasteiger partial charge on any atom is -0.311 e. The van der Waals surface area contributed by atoms with Gasteiger partial charge >= 0.3 is 0 Å². The van der Waals surface area contributed by atoms with E-state index >= 15 is 0 Å². The molecule has 0 saturated heterocycles. The van der Waals surface area contributed by atoms with Crippen LogP contribution < -0.4 is 5.32 Å². The van der Waals surface area contributed by atoms with Gasteiger partial charge in [-0.1, -0.05) is 18.2 Å². The number of benzene rings is 1. The van der Waals surface area contributed by atoms with Crippen LogP contribution in [0.2, 0.25) is 0 Å². The lowest BCUT2D eigenvalue weighted by molar-refractivity contribution is 0.292. The highest BCUT2D eigenvalue weighted by molar-refractivity contribution is 7.10. The van der Waals surface area contributed by atoms with Crippen molar-refractivity contribution in [2.45, 2.75) is 12.6 Å². The Morgan fingerprint density at radius 2 is 1.95 bits per heavy atom. The first-order valence-electron chi connectivity index (χ1n) is 6.32. The maximum absolute atomic E-state index is 12.8. The molecule has 19 heavy (non-hydrogen) atoms. The van der Waals surface area contributed by atoms with Crippen molar-refractivity contribution in [3.8, 4) is 0 Å². The number of halogens is 1. The molecule has 1 unspecified atom stereocenters. The van der Waals surface area contributed by atoms with Gasteiger partial charge in [-0.15, -0.1) is 11.3 Å². The van der Waals surface area contributed by atoms with Crippen molar-refractivity contribution in [1.29, 1.82) is 0 Å². The molecule has 0 aliphatic heterocycles. The van der Waals surface area contributed by atoms with Crippen LogP contribution >= 0.6 is 11.3 Å². The number of hydrogen-bond donors (Lipinski definition) is 1. The summed E-state index contributed by atoms with van der Waals surface area (Å²) in [5.41, 5.74) is 1.10. The SMILES string of the molecule is CN(C)C(CNCc1ccc(F)cc1)c1cccs1. The molecule has 1 aromatic heterocycles. The van der Waals surface area contributed by atoms with Gasteiger partial charge in [-0.25, -0.2) is 4.39 Å². The summed E-state index contributed by atoms with van der Waals surface area (Å²) >= 11 is 1.78. The molecule has 1 N–H and O–H groups in total. The lowest BCUT2D eigenvalue weighted by atomic mass is 10.2. The molecule has 0 aliphatic rings. The third-order valence-electron chi connectivity index (χ3n) is 3.08. The molecule has 1 atom stereocenters. The number of nitrogens with one attached hydrogen (secondary N) is 1. The second-order valence-corrected chi connectivity index (χ2v) is 5.73. The Morgan fingerprint density at radius 1 is 1.21 bits per heavy atom. The average molecular weight is 278 g/mol. The molecule has 0 spiro atoms. The standard InChI is InChI=1S/C15H19FN2S/c1-18(2)14(15-4-3-9-19-15)11-17-10-12-5-7-13(16)8-6-12/h3-9,14,17H,10-11H2,1-2H3. The van der Waals surface area contributed by atoms with Gasteiger partial charge < -0.3 is 10.2 Å². The average Bonchev–Trinajstić information content (AvgIpc) is 2.90. The largest absolute Gasteiger partial charge is 0.311 e. The lowest BCUT2D eigenvalue weighted by Crippen LogP contribution is -2.30. The number of likely N-dealkylation sites (N-methyl/N-ethyl adjacent to an activating group) is 1. The second kappa shape index (κ2) is 6.80. The van der Waals surface area contributed by atoms with Gasteiger partial charge in [-0.3, -0.25) is 0 Å². The van der Waals surface area contributed by atoms with E-state index in [0.29, 0.717) is 6.04 Å². The molecule has 4 heteroatoms. The van der Waals surface area contributed by atoms with Crippen molar-refractivity contribution in [2.24, 2.45) is 0 Å². The van der Waals surface area contributed by atoms with Gasteiger partial charge in [0, 0.05) is 18.0 Å². The van der Waals surface area contributed by atoms with Crippen LogP contribution in [-0.4, -0.2) is 25.5 Å². The van der Waals surface area contributed by atoms with E-state index in [2.05, 4.69) is 41.8 Å². The Balaban J connectivity index is 1.88. The molecular weight excluding hydrogens is 259 g/mol. The van der Waals surface area contributed by atoms with E-state index in [9.17, 15) is 4.39 Å². The maximum Gasteiger partial charge on any atom is 0.123 e. The quantitative estimate of drug-likeness (QED) is 0.872. The van der Waals surface area contributed by atoms with Crippen LogP contribution in [0.3, 0.4) is 0 Å². The van der Waals surface area contributed by atoms with Gasteiger partial charge in [0.25, 0.3) is 0 Å². The van der Waals surface area contributed by atoms with Crippen molar-refractivity contribution >= 4 is 11.3 Å². The molecule has 0 aliphatic carbocycles. The van der Waals surface area contributed by atoms with Crippen LogP contribution in [-0.2, 0) is 6.54 Å². The van der Waals surface area contributed by atoms with Crippen molar-refractivity contribution in [3.05, 3.63) is 58.0 Å². The third-order valence-corrected chi connectivity index (χ3v) is 4.05. The minimum absolute atomic E-state index is 0.187. The summed E-state index contributed by atoms with van der Waals surface area (Å²) in [5, 5.41) is 5.54. The molecule has 2 rings (SSSR count). The van der Waals surface area contributed by atoms with Crippen LogP contribution in [0.1, 0.15) is 16.5 Å². The molecule has 1 heterocycles. The lowest BCUT2D eigenvalue weighted by Gasteiger charge is -2.23. The van der Waals surface area contributed by atoms with Crippen LogP contribution in [0.15, 0.2) is 41.8 Å². The molecule has 0 bridgehead atoms. The zero-order chi connectivity index (χ0) is 13.7. The first-order valence-corrected chi connectivity index (χ1v) is 7.20. The predicted octanol–water partition coefficient (Wildman–Crippen LogP) is 3.28. The number of rotatable bonds is 6. The summed E-state index contributed by atoms with van der Waals surface area (Å²) in [6.45, 7) is 1.64. The van der Waals surface area contributed by atoms with Crippen molar-refractivity contribution in [3.63, 3.8) is 0 Å². The van der Waals surface area contributed by atoms with E-state index in [0.717, 1.165) is 18.7 Å². The number of nitrogens with zero attached hydrogens (tertiary/aromatic N) is 1. The summed E-state index contributed by atoms with van der Waals surface area (Å²) in [6, 6.07) is 11.3. The maximum atomic E-state index is 12.8. The van der Waals surface area contributed by atoms with Crippen LogP contribution in [0.4, 0.5) is 4.39 Å². The molecule has 102 valence electrons. The van der Waals surface area contributed by atoms with Gasteiger partial charge in [0.2, 0.25) is 0 Å². The predicted molar refractivity (Wildman–Crippen MR) is 78.9 cm³/mol. The summed E-state index contributed by atoms with van der Waals surface area (Å²) in [6.07, 6.45) is 0. The van der Waals surface area contributed by atoms with Gasteiger partial charge in [-0.05, 0) is 43.2 Å². The van der Waals surface area contributed by atoms with Gasteiger partial charge in [0.15, 0.2) is 0 Å². The van der Waals surface area contributed by atoms with E-state index in [1.54, 1.807) is 11.3 Å². The summed E-state index contributed by atoms with van der Waals surface area (Å²) in [7, 11) is 4.17. The fourth-order valence-corrected chi connectivity index (χ4v) is 2.90. The topological polar surface area (TPSA) is 15.3 Å². The fourth-order valence-electron chi connectivity index (χ4n) is 1.97. The van der Waals surface area contributed by atoms with E-state index in [4.69, 9.17) is 0 Å². The number of thiophene rings is 1. The van der Waals surface area contributed by atoms with E-state index in [-0.39, 0.29) is 5.82 Å². The zero-order valence-corrected chi connectivity index (χ0v) is 12.1. The summed E-state index contributed by atoms with van der Waals surface area (Å²) in [4.78, 5) is 3.57. The van der Waals surface area contributed by atoms with E-state index in [1.165, 1.54) is 17.0 Å². The van der Waals surface area contributed by atoms with Crippen molar-refractivity contribution in [1.82, 2.24) is 10.2 Å². The van der Waals surface area contributed by atoms with E-state index in [1.807, 2.05) is 12.1 Å². The highest BCUT2D eigenvalue weighted by atomic mass is 32.1. The Kier molecular flexibility index (Phi) is 5.07. The molecular formula is C15H19FN2S. The molecule has 2 nitrogen and oxygen atoms in total. The van der Waals surface area contributed by atoms with E-state index < -0.39 is 0 Å². The molecule has 0 amide bonds. The smallest absolute Gasteiger partial charge is 0.123 e. The Labute approximate surface area is 117 Å². The molecule has 0 radical (unpaired) electrons. The highest BCUT2D eigenvalue weighted by Crippen LogP contribution is 2.22. The summed E-state index contributed by atoms with van der Waals surface area (Å²) < 4.78 is 12.8. The Hall–Kier alpha value is -1.23. The van der Waals surface area contributed by atoms with Crippen molar-refractivity contribution in [2.75, 3.05) is 20.6 Å². The van der Waals surface area contributed by atoms with Gasteiger partial charge in [-0.2, -0.15) is 0 Å². The zero-order valence-electron chi connectivity index (χ0n) is 11.3. The highest BCUT2D eigenvalue weighted by Gasteiger charge is 2.14. The van der Waals surface area contributed by atoms with Crippen LogP contribution in [0.5, 0.6) is 0 Å². The van der Waals surface area contributed by atoms with Crippen LogP contribution in [0.25, 0.3) is 0 Å². The molecule has 2 aromatic rings. The minimum atomic E-state index is -0.187. The van der Waals surface area contributed by atoms with Crippen LogP contribution in [0, 0.1) is 5.82 Å². The first-order chi connectivity index (χ1) is 9.16.